The van der Waals surface area contributed by atoms with Gasteiger partial charge in [0.15, 0.2) is 35.0 Å². The second-order valence-corrected chi connectivity index (χ2v) is 5.84. The zero-order chi connectivity index (χ0) is 19.1. The first-order chi connectivity index (χ1) is 13.0. The molecule has 1 atom stereocenters. The van der Waals surface area contributed by atoms with Crippen LogP contribution in [0.5, 0.6) is 5.75 Å². The summed E-state index contributed by atoms with van der Waals surface area (Å²) in [5.74, 6) is -0.0844. The summed E-state index contributed by atoms with van der Waals surface area (Å²) in [4.78, 5) is 26.2. The molecule has 1 aromatic carbocycles. The number of aliphatic imine (C=N–C) groups is 1. The number of benzene rings is 1. The fourth-order valence-corrected chi connectivity index (χ4v) is 2.68. The number of hydrogen-bond acceptors (Lipinski definition) is 8. The number of carbonyl (C=O) groups excluding carboxylic acids is 1. The number of aliphatic hydroxyl groups is 1. The predicted octanol–water partition coefficient (Wildman–Crippen LogP) is 1.28. The quantitative estimate of drug-likeness (QED) is 0.706. The molecule has 10 nitrogen and oxygen atoms in total. The van der Waals surface area contributed by atoms with Gasteiger partial charge < -0.3 is 23.7 Å². The van der Waals surface area contributed by atoms with E-state index in [2.05, 4.69) is 20.3 Å². The van der Waals surface area contributed by atoms with Crippen molar-refractivity contribution in [2.24, 2.45) is 4.99 Å². The zero-order valence-electron chi connectivity index (χ0n) is 14.4. The smallest absolute Gasteiger partial charge is 0.302 e. The highest BCUT2D eigenvalue weighted by Gasteiger charge is 2.24. The molecule has 0 saturated carbocycles. The Hall–Kier alpha value is -3.47. The van der Waals surface area contributed by atoms with Crippen molar-refractivity contribution in [3.63, 3.8) is 0 Å². The van der Waals surface area contributed by atoms with E-state index in [1.54, 1.807) is 7.05 Å². The van der Waals surface area contributed by atoms with Gasteiger partial charge in [0.2, 0.25) is 5.91 Å². The highest BCUT2D eigenvalue weighted by molar-refractivity contribution is 5.90. The Morgan fingerprint density at radius 2 is 2.30 bits per heavy atom. The molecule has 2 N–H and O–H groups in total. The number of hydrogen-bond donors (Lipinski definition) is 2. The predicted molar refractivity (Wildman–Crippen MR) is 93.9 cm³/mol. The number of rotatable bonds is 4. The maximum Gasteiger partial charge on any atom is 0.302 e. The van der Waals surface area contributed by atoms with Gasteiger partial charge in [0.1, 0.15) is 12.1 Å². The number of anilines is 2. The molecule has 3 heterocycles. The molecule has 1 aliphatic rings. The molecule has 0 aliphatic carbocycles. The number of imidazole rings is 1. The van der Waals surface area contributed by atoms with Crippen molar-refractivity contribution in [3.05, 3.63) is 24.3 Å². The Bertz CT molecular complexity index is 1060. The monoisotopic (exact) mass is 374 g/mol. The van der Waals surface area contributed by atoms with Gasteiger partial charge in [0.25, 0.3) is 0 Å². The van der Waals surface area contributed by atoms with Crippen molar-refractivity contribution in [1.29, 1.82) is 0 Å². The average Bonchev–Trinajstić information content (AvgIpc) is 3.20. The summed E-state index contributed by atoms with van der Waals surface area (Å²) in [5.41, 5.74) is 0.535. The third kappa shape index (κ3) is 2.97. The van der Waals surface area contributed by atoms with E-state index in [9.17, 15) is 14.3 Å². The van der Waals surface area contributed by atoms with Gasteiger partial charge in [-0.15, -0.1) is 0 Å². The standard InChI is InChI=1S/C16H15FN6O4/c1-22-13(25)5-18-15-14(22)19-7-23(15)6-12(24)21-16-20-9-4-10(26-2)8(17)3-11(9)27-16/h3-5,7,13,25H,6H2,1-2H3,(H,20,21,24). The van der Waals surface area contributed by atoms with E-state index >= 15 is 0 Å². The van der Waals surface area contributed by atoms with Crippen LogP contribution in [0.2, 0.25) is 0 Å². The van der Waals surface area contributed by atoms with Crippen LogP contribution in [-0.2, 0) is 11.3 Å². The number of aromatic nitrogens is 3. The van der Waals surface area contributed by atoms with Gasteiger partial charge >= 0.3 is 6.01 Å². The fraction of sp³-hybridized carbons (Fsp3) is 0.250. The van der Waals surface area contributed by atoms with Gasteiger partial charge in [0, 0.05) is 19.2 Å². The molecule has 0 spiro atoms. The van der Waals surface area contributed by atoms with Crippen LogP contribution >= 0.6 is 0 Å². The molecule has 1 amide bonds. The Balaban J connectivity index is 1.52. The van der Waals surface area contributed by atoms with Gasteiger partial charge in [-0.05, 0) is 0 Å². The number of aliphatic hydroxyl groups excluding tert-OH is 1. The summed E-state index contributed by atoms with van der Waals surface area (Å²) >= 11 is 0. The molecular weight excluding hydrogens is 359 g/mol. The molecule has 1 unspecified atom stereocenters. The fourth-order valence-electron chi connectivity index (χ4n) is 2.68. The average molecular weight is 374 g/mol. The highest BCUT2D eigenvalue weighted by Crippen LogP contribution is 2.30. The first kappa shape index (κ1) is 17.0. The summed E-state index contributed by atoms with van der Waals surface area (Å²) in [7, 11) is 3.01. The summed E-state index contributed by atoms with van der Waals surface area (Å²) in [6, 6.07) is 2.46. The molecule has 140 valence electrons. The lowest BCUT2D eigenvalue weighted by Gasteiger charge is -2.24. The van der Waals surface area contributed by atoms with Gasteiger partial charge in [-0.3, -0.25) is 10.1 Å². The summed E-state index contributed by atoms with van der Waals surface area (Å²) in [5, 5.41) is 12.2. The number of nitrogens with one attached hydrogen (secondary N) is 1. The van der Waals surface area contributed by atoms with E-state index in [4.69, 9.17) is 9.15 Å². The Kier molecular flexibility index (Phi) is 4.00. The van der Waals surface area contributed by atoms with E-state index in [1.165, 1.54) is 35.2 Å². The molecule has 0 bridgehead atoms. The lowest BCUT2D eigenvalue weighted by atomic mass is 10.3. The van der Waals surface area contributed by atoms with E-state index in [1.807, 2.05) is 0 Å². The topological polar surface area (TPSA) is 118 Å². The van der Waals surface area contributed by atoms with Crippen LogP contribution in [0.1, 0.15) is 0 Å². The number of methoxy groups -OCH3 is 1. The van der Waals surface area contributed by atoms with Crippen molar-refractivity contribution in [1.82, 2.24) is 14.5 Å². The summed E-state index contributed by atoms with van der Waals surface area (Å²) in [6.45, 7) is -0.0972. The van der Waals surface area contributed by atoms with Crippen LogP contribution < -0.4 is 15.0 Å². The molecule has 11 heteroatoms. The van der Waals surface area contributed by atoms with Crippen molar-refractivity contribution in [2.75, 3.05) is 24.4 Å². The van der Waals surface area contributed by atoms with Crippen molar-refractivity contribution in [3.8, 4) is 5.75 Å². The van der Waals surface area contributed by atoms with Gasteiger partial charge in [-0.2, -0.15) is 4.98 Å². The third-order valence-electron chi connectivity index (χ3n) is 4.07. The number of nitrogens with zero attached hydrogens (tertiary/aromatic N) is 5. The van der Waals surface area contributed by atoms with Gasteiger partial charge in [-0.25, -0.2) is 14.4 Å². The molecule has 0 fully saturated rings. The number of fused-ring (bicyclic) bond motifs is 2. The molecule has 3 aromatic rings. The van der Waals surface area contributed by atoms with Crippen LogP contribution in [0.25, 0.3) is 11.1 Å². The normalized spacial score (nSPS) is 15.9. The minimum Gasteiger partial charge on any atom is -0.494 e. The summed E-state index contributed by atoms with van der Waals surface area (Å²) in [6.07, 6.45) is 1.93. The zero-order valence-corrected chi connectivity index (χ0v) is 14.4. The van der Waals surface area contributed by atoms with E-state index in [0.717, 1.165) is 6.07 Å². The molecular formula is C16H15FN6O4. The maximum atomic E-state index is 13.7. The number of amides is 1. The molecule has 1 aliphatic heterocycles. The lowest BCUT2D eigenvalue weighted by molar-refractivity contribution is -0.116. The van der Waals surface area contributed by atoms with Crippen molar-refractivity contribution < 1.29 is 23.4 Å². The molecule has 0 radical (unpaired) electrons. The number of carbonyl (C=O) groups is 1. The minimum absolute atomic E-state index is 0.0305. The molecule has 27 heavy (non-hydrogen) atoms. The SMILES string of the molecule is COc1cc2nc(NC(=O)Cn3cnc4c3N=CC(O)N4C)oc2cc1F. The number of halogens is 1. The Labute approximate surface area is 151 Å². The number of oxazole rings is 1. The molecule has 2 aromatic heterocycles. The number of ether oxygens (including phenoxy) is 1. The van der Waals surface area contributed by atoms with Gasteiger partial charge in [0.05, 0.1) is 19.7 Å². The third-order valence-corrected chi connectivity index (χ3v) is 4.07. The maximum absolute atomic E-state index is 13.7. The molecule has 4 rings (SSSR count). The van der Waals surface area contributed by atoms with Gasteiger partial charge in [-0.1, -0.05) is 0 Å². The Morgan fingerprint density at radius 3 is 3.07 bits per heavy atom. The van der Waals surface area contributed by atoms with Crippen LogP contribution in [-0.4, -0.2) is 52.1 Å². The van der Waals surface area contributed by atoms with Crippen molar-refractivity contribution in [2.45, 2.75) is 12.8 Å². The van der Waals surface area contributed by atoms with E-state index in [-0.39, 0.29) is 23.9 Å². The van der Waals surface area contributed by atoms with E-state index < -0.39 is 18.0 Å². The Morgan fingerprint density at radius 1 is 1.48 bits per heavy atom. The summed E-state index contributed by atoms with van der Waals surface area (Å²) < 4.78 is 25.5. The van der Waals surface area contributed by atoms with Crippen LogP contribution in [0.3, 0.4) is 0 Å². The molecule has 0 saturated heterocycles. The lowest BCUT2D eigenvalue weighted by Crippen LogP contribution is -2.34. The second kappa shape index (κ2) is 6.36. The first-order valence-corrected chi connectivity index (χ1v) is 7.90. The minimum atomic E-state index is -0.869. The largest absolute Gasteiger partial charge is 0.494 e. The van der Waals surface area contributed by atoms with Crippen LogP contribution in [0, 0.1) is 5.82 Å². The van der Waals surface area contributed by atoms with E-state index in [0.29, 0.717) is 17.2 Å². The van der Waals surface area contributed by atoms with Crippen molar-refractivity contribution >= 4 is 40.9 Å². The van der Waals surface area contributed by atoms with Crippen LogP contribution in [0.4, 0.5) is 22.0 Å². The second-order valence-electron chi connectivity index (χ2n) is 5.84. The first-order valence-electron chi connectivity index (χ1n) is 7.90. The highest BCUT2D eigenvalue weighted by atomic mass is 19.1. The van der Waals surface area contributed by atoms with Crippen LogP contribution in [0.15, 0.2) is 27.9 Å².